The van der Waals surface area contributed by atoms with Gasteiger partial charge < -0.3 is 20.9 Å². The van der Waals surface area contributed by atoms with E-state index in [2.05, 4.69) is 5.32 Å². The number of hydrogen-bond donors (Lipinski definition) is 3. The number of nitrogens with two attached hydrogens (primary N) is 1. The highest BCUT2D eigenvalue weighted by atomic mass is 19.2. The topological polar surface area (TPSA) is 122 Å². The predicted molar refractivity (Wildman–Crippen MR) is 106 cm³/mol. The Kier molecular flexibility index (Phi) is 6.11. The molecule has 2 bridgehead atoms. The summed E-state index contributed by atoms with van der Waals surface area (Å²) in [5.41, 5.74) is 4.41. The fourth-order valence-corrected chi connectivity index (χ4v) is 4.34. The van der Waals surface area contributed by atoms with E-state index in [1.807, 2.05) is 0 Å². The molecule has 4 atom stereocenters. The van der Waals surface area contributed by atoms with E-state index in [4.69, 9.17) is 10.5 Å². The van der Waals surface area contributed by atoms with Gasteiger partial charge in [0.15, 0.2) is 11.6 Å². The van der Waals surface area contributed by atoms with Gasteiger partial charge in [-0.25, -0.2) is 9.18 Å². The van der Waals surface area contributed by atoms with E-state index < -0.39 is 59.4 Å². The van der Waals surface area contributed by atoms with Crippen LogP contribution in [0.25, 0.3) is 0 Å². The van der Waals surface area contributed by atoms with Crippen LogP contribution in [0, 0.1) is 17.6 Å². The molecule has 1 saturated carbocycles. The van der Waals surface area contributed by atoms with Gasteiger partial charge in [-0.1, -0.05) is 6.07 Å². The standard InChI is InChI=1S/C21H27F2N3O5/c1-21(2,3)31-20(30)26-12-6-4-11(8-12)17(26)19(29)25-13(18(24)28)9-10-5-7-14(27)16(23)15(10)22/h5,7,11-13,17,27H,4,6,8-9H2,1-3H3,(H2,24,28)(H,25,29)/t11-,12+,13-,17-/m0/s1. The van der Waals surface area contributed by atoms with Gasteiger partial charge in [0.25, 0.3) is 0 Å². The van der Waals surface area contributed by atoms with Crippen molar-refractivity contribution in [1.82, 2.24) is 10.2 Å². The summed E-state index contributed by atoms with van der Waals surface area (Å²) in [4.78, 5) is 39.1. The second kappa shape index (κ2) is 8.32. The minimum absolute atomic E-state index is 0.0890. The van der Waals surface area contributed by atoms with Crippen molar-refractivity contribution in [2.24, 2.45) is 11.7 Å². The van der Waals surface area contributed by atoms with Crippen LogP contribution in [0.15, 0.2) is 12.1 Å². The third kappa shape index (κ3) is 4.72. The average Bonchev–Trinajstić information content (AvgIpc) is 3.27. The lowest BCUT2D eigenvalue weighted by Gasteiger charge is -2.36. The van der Waals surface area contributed by atoms with E-state index in [9.17, 15) is 28.3 Å². The van der Waals surface area contributed by atoms with Crippen LogP contribution in [-0.4, -0.2) is 51.6 Å². The summed E-state index contributed by atoms with van der Waals surface area (Å²) in [7, 11) is 0. The lowest BCUT2D eigenvalue weighted by atomic mass is 9.97. The molecule has 1 aromatic rings. The van der Waals surface area contributed by atoms with E-state index in [-0.39, 0.29) is 17.5 Å². The van der Waals surface area contributed by atoms with E-state index in [1.165, 1.54) is 4.90 Å². The summed E-state index contributed by atoms with van der Waals surface area (Å²) < 4.78 is 33.2. The summed E-state index contributed by atoms with van der Waals surface area (Å²) in [6.45, 7) is 5.17. The van der Waals surface area contributed by atoms with Crippen molar-refractivity contribution < 1.29 is 33.0 Å². The van der Waals surface area contributed by atoms with Gasteiger partial charge in [0.05, 0.1) is 0 Å². The van der Waals surface area contributed by atoms with E-state index in [0.29, 0.717) is 6.42 Å². The normalized spacial score (nSPS) is 23.5. The van der Waals surface area contributed by atoms with Gasteiger partial charge in [0.2, 0.25) is 17.6 Å². The maximum Gasteiger partial charge on any atom is 0.411 e. The van der Waals surface area contributed by atoms with E-state index >= 15 is 0 Å². The Morgan fingerprint density at radius 2 is 1.94 bits per heavy atom. The van der Waals surface area contributed by atoms with Crippen molar-refractivity contribution >= 4 is 17.9 Å². The number of rotatable bonds is 5. The number of carbonyl (C=O) groups is 3. The maximum absolute atomic E-state index is 14.1. The number of hydrogen-bond acceptors (Lipinski definition) is 5. The quantitative estimate of drug-likeness (QED) is 0.648. The Hall–Kier alpha value is -2.91. The molecule has 1 aliphatic carbocycles. The van der Waals surface area contributed by atoms with Crippen molar-refractivity contribution in [3.05, 3.63) is 29.3 Å². The molecule has 170 valence electrons. The minimum atomic E-state index is -1.45. The third-order valence-corrected chi connectivity index (χ3v) is 5.68. The summed E-state index contributed by atoms with van der Waals surface area (Å²) in [5.74, 6) is -5.26. The first kappa shape index (κ1) is 22.8. The van der Waals surface area contributed by atoms with Crippen molar-refractivity contribution in [3.8, 4) is 5.75 Å². The Morgan fingerprint density at radius 3 is 2.55 bits per heavy atom. The molecular formula is C21H27F2N3O5. The van der Waals surface area contributed by atoms with Crippen LogP contribution in [0.5, 0.6) is 5.75 Å². The highest BCUT2D eigenvalue weighted by molar-refractivity contribution is 5.91. The molecular weight excluding hydrogens is 412 g/mol. The van der Waals surface area contributed by atoms with Gasteiger partial charge in [-0.05, 0) is 57.6 Å². The second-order valence-electron chi connectivity index (χ2n) is 9.10. The number of likely N-dealkylation sites (tertiary alicyclic amines) is 1. The van der Waals surface area contributed by atoms with Crippen LogP contribution in [0.4, 0.5) is 13.6 Å². The number of halogens is 2. The molecule has 3 rings (SSSR count). The molecule has 0 aromatic heterocycles. The monoisotopic (exact) mass is 439 g/mol. The van der Waals surface area contributed by atoms with Crippen LogP contribution in [0.3, 0.4) is 0 Å². The fraction of sp³-hybridized carbons (Fsp3) is 0.571. The number of piperidine rings is 1. The van der Waals surface area contributed by atoms with Crippen molar-refractivity contribution in [2.75, 3.05) is 0 Å². The van der Waals surface area contributed by atoms with Gasteiger partial charge in [-0.3, -0.25) is 14.5 Å². The highest BCUT2D eigenvalue weighted by Crippen LogP contribution is 2.43. The first-order valence-electron chi connectivity index (χ1n) is 10.2. The zero-order valence-corrected chi connectivity index (χ0v) is 17.7. The largest absolute Gasteiger partial charge is 0.505 e. The number of ether oxygens (including phenoxy) is 1. The molecule has 1 aliphatic heterocycles. The lowest BCUT2D eigenvalue weighted by Crippen LogP contribution is -2.57. The number of fused-ring (bicyclic) bond motifs is 2. The zero-order chi connectivity index (χ0) is 23.1. The Morgan fingerprint density at radius 1 is 1.26 bits per heavy atom. The number of phenols is 1. The number of amides is 3. The minimum Gasteiger partial charge on any atom is -0.505 e. The average molecular weight is 439 g/mol. The zero-order valence-electron chi connectivity index (χ0n) is 17.7. The van der Waals surface area contributed by atoms with Gasteiger partial charge >= 0.3 is 6.09 Å². The second-order valence-corrected chi connectivity index (χ2v) is 9.10. The molecule has 2 aliphatic rings. The maximum atomic E-state index is 14.1. The number of carbonyl (C=O) groups excluding carboxylic acids is 3. The summed E-state index contributed by atoms with van der Waals surface area (Å²) in [5, 5.41) is 11.7. The molecule has 2 fully saturated rings. The Bertz CT molecular complexity index is 902. The molecule has 0 radical (unpaired) electrons. The third-order valence-electron chi connectivity index (χ3n) is 5.68. The van der Waals surface area contributed by atoms with E-state index in [1.54, 1.807) is 20.8 Å². The van der Waals surface area contributed by atoms with Gasteiger partial charge in [-0.15, -0.1) is 0 Å². The highest BCUT2D eigenvalue weighted by Gasteiger charge is 2.52. The molecule has 0 spiro atoms. The van der Waals surface area contributed by atoms with Gasteiger partial charge in [0.1, 0.15) is 17.7 Å². The van der Waals surface area contributed by atoms with E-state index in [0.717, 1.165) is 25.0 Å². The first-order chi connectivity index (χ1) is 14.4. The smallest absolute Gasteiger partial charge is 0.411 e. The summed E-state index contributed by atoms with van der Waals surface area (Å²) in [6.07, 6.45) is 1.14. The van der Waals surface area contributed by atoms with Gasteiger partial charge in [-0.2, -0.15) is 4.39 Å². The van der Waals surface area contributed by atoms with Crippen LogP contribution in [0.2, 0.25) is 0 Å². The Balaban J connectivity index is 1.77. The SMILES string of the molecule is CC(C)(C)OC(=O)N1[C@@H]2CC[C@@H](C2)[C@H]1C(=O)N[C@@H](Cc1ccc(O)c(F)c1F)C(N)=O. The number of aromatic hydroxyl groups is 1. The lowest BCUT2D eigenvalue weighted by molar-refractivity contribution is -0.132. The van der Waals surface area contributed by atoms with Crippen LogP contribution >= 0.6 is 0 Å². The number of primary amides is 1. The number of nitrogens with zero attached hydrogens (tertiary/aromatic N) is 1. The fourth-order valence-electron chi connectivity index (χ4n) is 4.34. The summed E-state index contributed by atoms with van der Waals surface area (Å²) >= 11 is 0. The molecule has 1 aromatic carbocycles. The van der Waals surface area contributed by atoms with Crippen molar-refractivity contribution in [2.45, 2.75) is 70.2 Å². The number of nitrogens with one attached hydrogen (secondary N) is 1. The van der Waals surface area contributed by atoms with Crippen LogP contribution in [0.1, 0.15) is 45.6 Å². The molecule has 4 N–H and O–H groups in total. The van der Waals surface area contributed by atoms with Crippen molar-refractivity contribution in [1.29, 1.82) is 0 Å². The van der Waals surface area contributed by atoms with Crippen LogP contribution in [-0.2, 0) is 20.7 Å². The first-order valence-corrected chi connectivity index (χ1v) is 10.2. The molecule has 10 heteroatoms. The summed E-state index contributed by atoms with van der Waals surface area (Å²) in [6, 6.07) is -0.234. The molecule has 8 nitrogen and oxygen atoms in total. The predicted octanol–water partition coefficient (Wildman–Crippen LogP) is 1.97. The van der Waals surface area contributed by atoms with Crippen molar-refractivity contribution in [3.63, 3.8) is 0 Å². The Labute approximate surface area is 178 Å². The van der Waals surface area contributed by atoms with Gasteiger partial charge in [0, 0.05) is 12.5 Å². The molecule has 3 amide bonds. The molecule has 31 heavy (non-hydrogen) atoms. The molecule has 1 saturated heterocycles. The molecule has 1 heterocycles. The number of benzene rings is 1. The number of phenolic OH excluding ortho intramolecular Hbond substituents is 1. The molecule has 0 unspecified atom stereocenters. The van der Waals surface area contributed by atoms with Crippen LogP contribution < -0.4 is 11.1 Å².